The monoisotopic (exact) mass is 350 g/mol. The van der Waals surface area contributed by atoms with E-state index in [9.17, 15) is 4.79 Å². The molecule has 136 valence electrons. The summed E-state index contributed by atoms with van der Waals surface area (Å²) < 4.78 is 5.28. The van der Waals surface area contributed by atoms with Gasteiger partial charge in [-0.2, -0.15) is 0 Å². The van der Waals surface area contributed by atoms with Crippen LogP contribution in [0.4, 0.5) is 0 Å². The van der Waals surface area contributed by atoms with Gasteiger partial charge in [0.1, 0.15) is 5.75 Å². The van der Waals surface area contributed by atoms with Crippen molar-refractivity contribution in [1.82, 2.24) is 4.90 Å². The van der Waals surface area contributed by atoms with E-state index in [0.717, 1.165) is 25.1 Å². The molecule has 2 N–H and O–H groups in total. The Kier molecular flexibility index (Phi) is 4.45. The first-order valence-corrected chi connectivity index (χ1v) is 9.42. The van der Waals surface area contributed by atoms with Crippen molar-refractivity contribution >= 4 is 5.91 Å². The van der Waals surface area contributed by atoms with Gasteiger partial charge in [0.2, 0.25) is 5.91 Å². The van der Waals surface area contributed by atoms with E-state index in [1.165, 1.54) is 30.4 Å². The number of carbonyl (C=O) groups is 1. The van der Waals surface area contributed by atoms with Crippen molar-refractivity contribution in [1.29, 1.82) is 0 Å². The van der Waals surface area contributed by atoms with E-state index in [2.05, 4.69) is 23.1 Å². The van der Waals surface area contributed by atoms with Gasteiger partial charge >= 0.3 is 0 Å². The summed E-state index contributed by atoms with van der Waals surface area (Å²) in [7, 11) is 1.70. The number of methoxy groups -OCH3 is 1. The fraction of sp³-hybridized carbons (Fsp3) is 0.409. The predicted octanol–water partition coefficient (Wildman–Crippen LogP) is 3.84. The fourth-order valence-electron chi connectivity index (χ4n) is 4.88. The minimum atomic E-state index is -0.352. The summed E-state index contributed by atoms with van der Waals surface area (Å²) in [6.45, 7) is 0.926. The highest BCUT2D eigenvalue weighted by Gasteiger charge is 2.49. The van der Waals surface area contributed by atoms with E-state index >= 15 is 0 Å². The van der Waals surface area contributed by atoms with Crippen molar-refractivity contribution in [2.45, 2.75) is 50.2 Å². The van der Waals surface area contributed by atoms with E-state index in [1.807, 2.05) is 30.3 Å². The Hall–Kier alpha value is -2.33. The molecule has 2 fully saturated rings. The summed E-state index contributed by atoms with van der Waals surface area (Å²) in [5.74, 6) is 0.537. The molecule has 2 unspecified atom stereocenters. The Morgan fingerprint density at radius 2 is 2.00 bits per heavy atom. The molecule has 2 saturated heterocycles. The third-order valence-electron chi connectivity index (χ3n) is 6.21. The maximum absolute atomic E-state index is 11.7. The molecule has 4 heteroatoms. The highest BCUT2D eigenvalue weighted by atomic mass is 16.5. The van der Waals surface area contributed by atoms with Crippen molar-refractivity contribution in [2.75, 3.05) is 7.11 Å². The van der Waals surface area contributed by atoms with Gasteiger partial charge in [0, 0.05) is 23.7 Å². The molecular formula is C22H26N2O2. The topological polar surface area (TPSA) is 55.6 Å². The van der Waals surface area contributed by atoms with Crippen LogP contribution in [0.2, 0.25) is 0 Å². The van der Waals surface area contributed by atoms with Crippen molar-refractivity contribution in [3.8, 4) is 5.75 Å². The maximum atomic E-state index is 11.7. The van der Waals surface area contributed by atoms with Crippen LogP contribution < -0.4 is 10.5 Å². The number of hydrogen-bond donors (Lipinski definition) is 1. The van der Waals surface area contributed by atoms with Crippen LogP contribution in [0.1, 0.15) is 53.6 Å². The second kappa shape index (κ2) is 6.76. The summed E-state index contributed by atoms with van der Waals surface area (Å²) in [4.78, 5) is 14.3. The van der Waals surface area contributed by atoms with E-state index in [1.54, 1.807) is 7.11 Å². The lowest BCUT2D eigenvalue weighted by Gasteiger charge is -2.45. The molecule has 1 amide bonds. The van der Waals surface area contributed by atoms with Crippen LogP contribution in [0.25, 0.3) is 0 Å². The van der Waals surface area contributed by atoms with E-state index < -0.39 is 0 Å². The smallest absolute Gasteiger partial charge is 0.248 e. The van der Waals surface area contributed by atoms with Crippen molar-refractivity contribution < 1.29 is 9.53 Å². The fourth-order valence-corrected chi connectivity index (χ4v) is 4.88. The lowest BCUT2D eigenvalue weighted by Crippen LogP contribution is -2.47. The number of nitrogens with zero attached hydrogens (tertiary/aromatic N) is 1. The van der Waals surface area contributed by atoms with Crippen LogP contribution in [0.15, 0.2) is 48.5 Å². The number of fused-ring (bicyclic) bond motifs is 2. The van der Waals surface area contributed by atoms with Crippen LogP contribution in [-0.4, -0.2) is 24.0 Å². The summed E-state index contributed by atoms with van der Waals surface area (Å²) in [6.07, 6.45) is 6.01. The van der Waals surface area contributed by atoms with Gasteiger partial charge in [-0.3, -0.25) is 9.69 Å². The minimum Gasteiger partial charge on any atom is -0.497 e. The zero-order chi connectivity index (χ0) is 18.1. The molecular weight excluding hydrogens is 324 g/mol. The summed E-state index contributed by atoms with van der Waals surface area (Å²) in [5.41, 5.74) is 8.70. The van der Waals surface area contributed by atoms with Crippen molar-refractivity contribution in [3.05, 3.63) is 65.2 Å². The number of nitrogens with two attached hydrogens (primary N) is 1. The number of hydrogen-bond acceptors (Lipinski definition) is 3. The van der Waals surface area contributed by atoms with Gasteiger partial charge in [0.25, 0.3) is 0 Å². The first-order valence-electron chi connectivity index (χ1n) is 9.42. The van der Waals surface area contributed by atoms with Gasteiger partial charge in [0.15, 0.2) is 0 Å². The average molecular weight is 350 g/mol. The lowest BCUT2D eigenvalue weighted by molar-refractivity contribution is 0.0426. The molecule has 2 aromatic carbocycles. The third-order valence-corrected chi connectivity index (χ3v) is 6.21. The largest absolute Gasteiger partial charge is 0.497 e. The molecule has 0 radical (unpaired) electrons. The number of piperidine rings is 1. The van der Waals surface area contributed by atoms with Gasteiger partial charge in [0.05, 0.1) is 7.11 Å². The first-order chi connectivity index (χ1) is 12.6. The number of rotatable bonds is 5. The van der Waals surface area contributed by atoms with Gasteiger partial charge in [-0.05, 0) is 67.5 Å². The van der Waals surface area contributed by atoms with Gasteiger partial charge in [-0.1, -0.05) is 24.3 Å². The Labute approximate surface area is 155 Å². The van der Waals surface area contributed by atoms with Crippen LogP contribution >= 0.6 is 0 Å². The predicted molar refractivity (Wildman–Crippen MR) is 102 cm³/mol. The summed E-state index contributed by atoms with van der Waals surface area (Å²) in [5, 5.41) is 0. The molecule has 0 spiro atoms. The van der Waals surface area contributed by atoms with Crippen LogP contribution in [0.3, 0.4) is 0 Å². The zero-order valence-corrected chi connectivity index (χ0v) is 15.3. The molecule has 2 bridgehead atoms. The molecule has 2 atom stereocenters. The highest BCUT2D eigenvalue weighted by Crippen LogP contribution is 2.51. The lowest BCUT2D eigenvalue weighted by atomic mass is 9.80. The molecule has 4 rings (SSSR count). The number of primary amides is 1. The Balaban J connectivity index is 1.68. The molecule has 2 aliphatic heterocycles. The van der Waals surface area contributed by atoms with Crippen LogP contribution in [-0.2, 0) is 12.1 Å². The molecule has 2 heterocycles. The molecule has 2 aromatic rings. The average Bonchev–Trinajstić information content (AvgIpc) is 2.87. The zero-order valence-electron chi connectivity index (χ0n) is 15.3. The molecule has 0 saturated carbocycles. The molecule has 0 aliphatic carbocycles. The molecule has 4 nitrogen and oxygen atoms in total. The Bertz CT molecular complexity index is 798. The number of ether oxygens (including phenoxy) is 1. The van der Waals surface area contributed by atoms with Crippen molar-refractivity contribution in [3.63, 3.8) is 0 Å². The van der Waals surface area contributed by atoms with E-state index in [-0.39, 0.29) is 11.4 Å². The van der Waals surface area contributed by atoms with Crippen LogP contribution in [0, 0.1) is 0 Å². The maximum Gasteiger partial charge on any atom is 0.248 e. The molecule has 2 aliphatic rings. The van der Waals surface area contributed by atoms with Gasteiger partial charge in [-0.15, -0.1) is 0 Å². The second-order valence-corrected chi connectivity index (χ2v) is 7.54. The Morgan fingerprint density at radius 1 is 1.19 bits per heavy atom. The van der Waals surface area contributed by atoms with Crippen LogP contribution in [0.5, 0.6) is 5.75 Å². The Morgan fingerprint density at radius 3 is 2.73 bits per heavy atom. The normalized spacial score (nSPS) is 25.2. The standard InChI is InChI=1S/C22H26N2O2/c1-26-20-9-7-16(8-10-20)15-24-19-6-3-12-22(24,13-11-19)18-5-2-4-17(14-18)21(23)25/h2,4-5,7-10,14,19H,3,6,11-13,15H2,1H3,(H2,23,25). The molecule has 26 heavy (non-hydrogen) atoms. The van der Waals surface area contributed by atoms with E-state index in [0.29, 0.717) is 11.6 Å². The third kappa shape index (κ3) is 2.88. The number of amides is 1. The quantitative estimate of drug-likeness (QED) is 0.891. The molecule has 0 aromatic heterocycles. The van der Waals surface area contributed by atoms with Crippen molar-refractivity contribution in [2.24, 2.45) is 5.73 Å². The number of carbonyl (C=O) groups excluding carboxylic acids is 1. The SMILES string of the molecule is COc1ccc(CN2C3CCCC2(c2cccc(C(N)=O)c2)CC3)cc1. The van der Waals surface area contributed by atoms with Gasteiger partial charge in [-0.25, -0.2) is 0 Å². The van der Waals surface area contributed by atoms with E-state index in [4.69, 9.17) is 10.5 Å². The highest BCUT2D eigenvalue weighted by molar-refractivity contribution is 5.92. The number of benzene rings is 2. The minimum absolute atomic E-state index is 0.0221. The summed E-state index contributed by atoms with van der Waals surface area (Å²) >= 11 is 0. The summed E-state index contributed by atoms with van der Waals surface area (Å²) in [6, 6.07) is 16.9. The first kappa shape index (κ1) is 17.1. The second-order valence-electron chi connectivity index (χ2n) is 7.54. The van der Waals surface area contributed by atoms with Gasteiger partial charge < -0.3 is 10.5 Å².